The van der Waals surface area contributed by atoms with Crippen molar-refractivity contribution in [3.05, 3.63) is 47.8 Å². The molecule has 0 saturated carbocycles. The van der Waals surface area contributed by atoms with Gasteiger partial charge in [0.15, 0.2) is 0 Å². The van der Waals surface area contributed by atoms with E-state index in [1.54, 1.807) is 0 Å². The average Bonchev–Trinajstić information content (AvgIpc) is 3.04. The second kappa shape index (κ2) is 7.14. The molecule has 23 heavy (non-hydrogen) atoms. The minimum absolute atomic E-state index is 0.0709. The van der Waals surface area contributed by atoms with Gasteiger partial charge in [-0.2, -0.15) is 18.3 Å². The second-order valence-corrected chi connectivity index (χ2v) is 4.67. The molecule has 124 valence electrons. The predicted molar refractivity (Wildman–Crippen MR) is 73.9 cm³/mol. The van der Waals surface area contributed by atoms with Crippen LogP contribution in [0.1, 0.15) is 16.1 Å². The molecule has 6 nitrogen and oxygen atoms in total. The number of hydrogen-bond donors (Lipinski definition) is 3. The Bertz CT molecular complexity index is 627. The number of ether oxygens (including phenoxy) is 1. The van der Waals surface area contributed by atoms with Crippen LogP contribution in [0, 0.1) is 0 Å². The topological polar surface area (TPSA) is 87.2 Å². The third-order valence-corrected chi connectivity index (χ3v) is 2.87. The number of H-pyrrole nitrogens is 1. The highest BCUT2D eigenvalue weighted by atomic mass is 19.4. The average molecular weight is 329 g/mol. The van der Waals surface area contributed by atoms with Gasteiger partial charge >= 0.3 is 6.18 Å². The van der Waals surface area contributed by atoms with Crippen LogP contribution in [0.4, 0.5) is 13.2 Å². The zero-order valence-corrected chi connectivity index (χ0v) is 11.8. The highest BCUT2D eigenvalue weighted by Crippen LogP contribution is 2.30. The number of nitrogens with zero attached hydrogens (tertiary/aromatic N) is 1. The van der Waals surface area contributed by atoms with Crippen LogP contribution in [-0.4, -0.2) is 40.5 Å². The lowest BCUT2D eigenvalue weighted by Gasteiger charge is -2.13. The third kappa shape index (κ3) is 4.99. The Labute approximate surface area is 129 Å². The van der Waals surface area contributed by atoms with Gasteiger partial charge < -0.3 is 15.2 Å². The van der Waals surface area contributed by atoms with Crippen molar-refractivity contribution in [1.29, 1.82) is 0 Å². The number of halogens is 3. The molecule has 2 rings (SSSR count). The number of aromatic amines is 1. The van der Waals surface area contributed by atoms with Gasteiger partial charge in [-0.1, -0.05) is 0 Å². The van der Waals surface area contributed by atoms with E-state index >= 15 is 0 Å². The van der Waals surface area contributed by atoms with Gasteiger partial charge in [0.05, 0.1) is 5.56 Å². The summed E-state index contributed by atoms with van der Waals surface area (Å²) in [5, 5.41) is 18.2. The molecule has 1 amide bonds. The molecule has 9 heteroatoms. The van der Waals surface area contributed by atoms with E-state index in [4.69, 9.17) is 4.74 Å². The highest BCUT2D eigenvalue weighted by molar-refractivity contribution is 5.92. The summed E-state index contributed by atoms with van der Waals surface area (Å²) >= 11 is 0. The Balaban J connectivity index is 1.76. The number of alkyl halides is 3. The number of aliphatic hydroxyl groups excluding tert-OH is 1. The van der Waals surface area contributed by atoms with E-state index in [1.165, 1.54) is 24.4 Å². The van der Waals surface area contributed by atoms with E-state index in [2.05, 4.69) is 15.5 Å². The van der Waals surface area contributed by atoms with Gasteiger partial charge in [0, 0.05) is 12.7 Å². The van der Waals surface area contributed by atoms with Gasteiger partial charge in [-0.25, -0.2) is 0 Å². The van der Waals surface area contributed by atoms with Crippen molar-refractivity contribution in [2.45, 2.75) is 12.3 Å². The minimum atomic E-state index is -4.41. The zero-order chi connectivity index (χ0) is 16.9. The highest BCUT2D eigenvalue weighted by Gasteiger charge is 2.30. The molecule has 1 unspecified atom stereocenters. The van der Waals surface area contributed by atoms with E-state index in [1.807, 2.05) is 0 Å². The number of nitrogens with one attached hydrogen (secondary N) is 2. The summed E-state index contributed by atoms with van der Waals surface area (Å²) in [6.07, 6.45) is -4.00. The molecule has 3 N–H and O–H groups in total. The molecule has 0 radical (unpaired) electrons. The Morgan fingerprint density at radius 3 is 2.57 bits per heavy atom. The van der Waals surface area contributed by atoms with Gasteiger partial charge in [0.25, 0.3) is 5.91 Å². The summed E-state index contributed by atoms with van der Waals surface area (Å²) in [5.74, 6) is -0.243. The molecule has 0 bridgehead atoms. The number of hydrogen-bond acceptors (Lipinski definition) is 4. The van der Waals surface area contributed by atoms with Crippen LogP contribution < -0.4 is 10.1 Å². The first-order valence-corrected chi connectivity index (χ1v) is 6.62. The number of amides is 1. The number of rotatable bonds is 6. The number of aliphatic hydroxyl groups is 1. The first-order valence-electron chi connectivity index (χ1n) is 6.62. The Morgan fingerprint density at radius 2 is 2.00 bits per heavy atom. The molecule has 1 aromatic heterocycles. The van der Waals surface area contributed by atoms with Crippen LogP contribution in [-0.2, 0) is 6.18 Å². The monoisotopic (exact) mass is 329 g/mol. The fourth-order valence-electron chi connectivity index (χ4n) is 1.68. The molecule has 2 aromatic rings. The lowest BCUT2D eigenvalue weighted by atomic mass is 10.2. The molecule has 1 heterocycles. The molecule has 0 spiro atoms. The number of aromatic nitrogens is 2. The molecule has 0 fully saturated rings. The zero-order valence-electron chi connectivity index (χ0n) is 11.8. The van der Waals surface area contributed by atoms with Gasteiger partial charge in [-0.15, -0.1) is 0 Å². The van der Waals surface area contributed by atoms with E-state index in [0.29, 0.717) is 0 Å². The molecule has 0 aliphatic rings. The predicted octanol–water partition coefficient (Wildman–Crippen LogP) is 1.60. The maximum atomic E-state index is 12.4. The Hall–Kier alpha value is -2.55. The standard InChI is InChI=1S/C14H14F3N3O3/c15-14(16,17)9-1-3-11(4-2-9)23-8-10(21)7-18-13(22)12-5-6-19-20-12/h1-6,10,21H,7-8H2,(H,18,22)(H,19,20). The maximum absolute atomic E-state index is 12.4. The normalized spacial score (nSPS) is 12.7. The van der Waals surface area contributed by atoms with Gasteiger partial charge in [-0.3, -0.25) is 9.89 Å². The summed E-state index contributed by atoms with van der Waals surface area (Å²) in [7, 11) is 0. The molecular formula is C14H14F3N3O3. The molecule has 0 saturated heterocycles. The minimum Gasteiger partial charge on any atom is -0.491 e. The van der Waals surface area contributed by atoms with Gasteiger partial charge in [-0.05, 0) is 30.3 Å². The molecular weight excluding hydrogens is 315 g/mol. The van der Waals surface area contributed by atoms with Crippen molar-refractivity contribution in [2.24, 2.45) is 0 Å². The lowest BCUT2D eigenvalue weighted by molar-refractivity contribution is -0.137. The quantitative estimate of drug-likeness (QED) is 0.751. The fraction of sp³-hybridized carbons (Fsp3) is 0.286. The van der Waals surface area contributed by atoms with Crippen LogP contribution in [0.2, 0.25) is 0 Å². The van der Waals surface area contributed by atoms with Crippen LogP contribution in [0.15, 0.2) is 36.5 Å². The van der Waals surface area contributed by atoms with Crippen LogP contribution >= 0.6 is 0 Å². The summed E-state index contributed by atoms with van der Waals surface area (Å²) < 4.78 is 42.4. The van der Waals surface area contributed by atoms with Crippen molar-refractivity contribution in [3.63, 3.8) is 0 Å². The summed E-state index contributed by atoms with van der Waals surface area (Å²) in [4.78, 5) is 11.6. The van der Waals surface area contributed by atoms with Crippen molar-refractivity contribution in [2.75, 3.05) is 13.2 Å². The number of carbonyl (C=O) groups is 1. The van der Waals surface area contributed by atoms with E-state index < -0.39 is 23.8 Å². The van der Waals surface area contributed by atoms with Crippen molar-refractivity contribution in [3.8, 4) is 5.75 Å². The third-order valence-electron chi connectivity index (χ3n) is 2.87. The van der Waals surface area contributed by atoms with Crippen molar-refractivity contribution in [1.82, 2.24) is 15.5 Å². The molecule has 0 aliphatic heterocycles. The van der Waals surface area contributed by atoms with Gasteiger partial charge in [0.2, 0.25) is 0 Å². The van der Waals surface area contributed by atoms with E-state index in [0.717, 1.165) is 12.1 Å². The van der Waals surface area contributed by atoms with E-state index in [-0.39, 0.29) is 24.6 Å². The summed E-state index contributed by atoms with van der Waals surface area (Å²) in [5.41, 5.74) is -0.530. The largest absolute Gasteiger partial charge is 0.491 e. The smallest absolute Gasteiger partial charge is 0.416 e. The Kier molecular flexibility index (Phi) is 5.22. The fourth-order valence-corrected chi connectivity index (χ4v) is 1.68. The molecule has 1 aromatic carbocycles. The number of carbonyl (C=O) groups excluding carboxylic acids is 1. The molecule has 0 aliphatic carbocycles. The second-order valence-electron chi connectivity index (χ2n) is 4.67. The summed E-state index contributed by atoms with van der Waals surface area (Å²) in [6, 6.07) is 5.58. The van der Waals surface area contributed by atoms with Crippen LogP contribution in [0.3, 0.4) is 0 Å². The molecule has 1 atom stereocenters. The number of benzene rings is 1. The van der Waals surface area contributed by atoms with Crippen molar-refractivity contribution >= 4 is 5.91 Å². The SMILES string of the molecule is O=C(NCC(O)COc1ccc(C(F)(F)F)cc1)c1ccn[nH]1. The first kappa shape index (κ1) is 16.8. The van der Waals surface area contributed by atoms with Crippen LogP contribution in [0.25, 0.3) is 0 Å². The maximum Gasteiger partial charge on any atom is 0.416 e. The van der Waals surface area contributed by atoms with Crippen molar-refractivity contribution < 1.29 is 27.8 Å². The van der Waals surface area contributed by atoms with E-state index in [9.17, 15) is 23.1 Å². The summed E-state index contributed by atoms with van der Waals surface area (Å²) in [6.45, 7) is -0.243. The Morgan fingerprint density at radius 1 is 1.30 bits per heavy atom. The van der Waals surface area contributed by atoms with Crippen LogP contribution in [0.5, 0.6) is 5.75 Å². The lowest BCUT2D eigenvalue weighted by Crippen LogP contribution is -2.35. The first-order chi connectivity index (χ1) is 10.9. The van der Waals surface area contributed by atoms with Gasteiger partial charge in [0.1, 0.15) is 24.2 Å².